The van der Waals surface area contributed by atoms with Crippen LogP contribution in [0.4, 0.5) is 5.69 Å². The molecular weight excluding hydrogens is 252 g/mol. The molecule has 0 radical (unpaired) electrons. The Hall–Kier alpha value is -2.30. The monoisotopic (exact) mass is 272 g/mol. The van der Waals surface area contributed by atoms with Gasteiger partial charge in [0.05, 0.1) is 11.4 Å². The van der Waals surface area contributed by atoms with E-state index in [0.29, 0.717) is 17.9 Å². The third-order valence-electron chi connectivity index (χ3n) is 3.45. The second-order valence-electron chi connectivity index (χ2n) is 5.20. The summed E-state index contributed by atoms with van der Waals surface area (Å²) in [5, 5.41) is 6.71. The maximum Gasteiger partial charge on any atom is 0.276 e. The van der Waals surface area contributed by atoms with Crippen LogP contribution in [-0.4, -0.2) is 28.1 Å². The number of nitrogens with one attached hydrogen (secondary N) is 1. The number of carbonyl (C=O) groups is 1. The molecule has 1 aromatic heterocycles. The van der Waals surface area contributed by atoms with Crippen LogP contribution in [0.15, 0.2) is 18.2 Å². The standard InChI is InChI=1S/C15H20N4O/c1-9-5-6-12(10(2)7-9)8-19(4)15(20)14-13(16)11(3)17-18-14/h5-7H,8,16H2,1-4H3,(H,17,18). The molecule has 0 aliphatic heterocycles. The number of rotatable bonds is 3. The third kappa shape index (κ3) is 2.66. The van der Waals surface area contributed by atoms with Gasteiger partial charge in [0.25, 0.3) is 5.91 Å². The number of nitrogens with zero attached hydrogens (tertiary/aromatic N) is 2. The second kappa shape index (κ2) is 5.36. The zero-order valence-corrected chi connectivity index (χ0v) is 12.3. The van der Waals surface area contributed by atoms with E-state index in [1.807, 2.05) is 19.1 Å². The zero-order valence-electron chi connectivity index (χ0n) is 12.3. The van der Waals surface area contributed by atoms with E-state index in [0.717, 1.165) is 5.56 Å². The predicted molar refractivity (Wildman–Crippen MR) is 79.5 cm³/mol. The van der Waals surface area contributed by atoms with Crippen LogP contribution in [0.2, 0.25) is 0 Å². The van der Waals surface area contributed by atoms with Crippen molar-refractivity contribution in [2.75, 3.05) is 12.8 Å². The molecule has 20 heavy (non-hydrogen) atoms. The highest BCUT2D eigenvalue weighted by Gasteiger charge is 2.19. The first-order chi connectivity index (χ1) is 9.40. The summed E-state index contributed by atoms with van der Waals surface area (Å²) in [5.74, 6) is -0.174. The van der Waals surface area contributed by atoms with Crippen LogP contribution in [0.3, 0.4) is 0 Å². The Morgan fingerprint density at radius 2 is 2.05 bits per heavy atom. The van der Waals surface area contributed by atoms with Crippen molar-refractivity contribution in [3.8, 4) is 0 Å². The molecule has 0 bridgehead atoms. The normalized spacial score (nSPS) is 10.6. The molecule has 3 N–H and O–H groups in total. The zero-order chi connectivity index (χ0) is 14.9. The molecule has 0 saturated carbocycles. The summed E-state index contributed by atoms with van der Waals surface area (Å²) in [5.41, 5.74) is 10.8. The van der Waals surface area contributed by atoms with Crippen LogP contribution in [-0.2, 0) is 6.54 Å². The van der Waals surface area contributed by atoms with E-state index in [1.165, 1.54) is 11.1 Å². The lowest BCUT2D eigenvalue weighted by molar-refractivity contribution is 0.0780. The molecule has 1 amide bonds. The molecule has 0 aliphatic carbocycles. The van der Waals surface area contributed by atoms with Gasteiger partial charge in [-0.25, -0.2) is 0 Å². The fourth-order valence-corrected chi connectivity index (χ4v) is 2.13. The number of aryl methyl sites for hydroxylation is 3. The molecule has 106 valence electrons. The molecule has 0 aliphatic rings. The molecule has 0 fully saturated rings. The smallest absolute Gasteiger partial charge is 0.276 e. The Labute approximate surface area is 118 Å². The van der Waals surface area contributed by atoms with Gasteiger partial charge in [0.15, 0.2) is 5.69 Å². The highest BCUT2D eigenvalue weighted by Crippen LogP contribution is 2.17. The molecule has 2 rings (SSSR count). The average molecular weight is 272 g/mol. The average Bonchev–Trinajstić information content (AvgIpc) is 2.72. The first-order valence-electron chi connectivity index (χ1n) is 6.52. The quantitative estimate of drug-likeness (QED) is 0.899. The minimum Gasteiger partial charge on any atom is -0.395 e. The van der Waals surface area contributed by atoms with Gasteiger partial charge in [0.2, 0.25) is 0 Å². The van der Waals surface area contributed by atoms with Gasteiger partial charge in [-0.3, -0.25) is 9.89 Å². The van der Waals surface area contributed by atoms with Gasteiger partial charge in [-0.1, -0.05) is 23.8 Å². The van der Waals surface area contributed by atoms with Crippen LogP contribution in [0.5, 0.6) is 0 Å². The maximum absolute atomic E-state index is 12.3. The number of aromatic amines is 1. The summed E-state index contributed by atoms with van der Waals surface area (Å²) in [6.07, 6.45) is 0. The third-order valence-corrected chi connectivity index (χ3v) is 3.45. The number of hydrogen-bond acceptors (Lipinski definition) is 3. The number of aromatic nitrogens is 2. The van der Waals surface area contributed by atoms with Crippen molar-refractivity contribution in [1.82, 2.24) is 15.1 Å². The molecule has 2 aromatic rings. The molecule has 0 saturated heterocycles. The molecule has 0 atom stereocenters. The SMILES string of the molecule is Cc1ccc(CN(C)C(=O)c2n[nH]c(C)c2N)c(C)c1. The van der Waals surface area contributed by atoms with Gasteiger partial charge in [-0.15, -0.1) is 0 Å². The van der Waals surface area contributed by atoms with Gasteiger partial charge in [0, 0.05) is 13.6 Å². The Bertz CT molecular complexity index is 645. The van der Waals surface area contributed by atoms with E-state index >= 15 is 0 Å². The van der Waals surface area contributed by atoms with Gasteiger partial charge in [0.1, 0.15) is 0 Å². The molecule has 1 aromatic carbocycles. The minimum atomic E-state index is -0.174. The Morgan fingerprint density at radius 1 is 1.35 bits per heavy atom. The summed E-state index contributed by atoms with van der Waals surface area (Å²) in [7, 11) is 1.76. The highest BCUT2D eigenvalue weighted by atomic mass is 16.2. The van der Waals surface area contributed by atoms with Gasteiger partial charge in [-0.05, 0) is 31.9 Å². The van der Waals surface area contributed by atoms with E-state index in [2.05, 4.69) is 23.2 Å². The fraction of sp³-hybridized carbons (Fsp3) is 0.333. The van der Waals surface area contributed by atoms with Gasteiger partial charge < -0.3 is 10.6 Å². The summed E-state index contributed by atoms with van der Waals surface area (Å²) in [6.45, 7) is 6.44. The van der Waals surface area contributed by atoms with Crippen molar-refractivity contribution in [2.24, 2.45) is 0 Å². The number of nitrogen functional groups attached to an aromatic ring is 1. The number of anilines is 1. The topological polar surface area (TPSA) is 75.0 Å². The number of nitrogens with two attached hydrogens (primary N) is 1. The lowest BCUT2D eigenvalue weighted by atomic mass is 10.1. The Balaban J connectivity index is 2.17. The number of amides is 1. The summed E-state index contributed by atoms with van der Waals surface area (Å²) in [6, 6.07) is 6.21. The molecule has 5 heteroatoms. The van der Waals surface area contributed by atoms with Crippen molar-refractivity contribution in [2.45, 2.75) is 27.3 Å². The first kappa shape index (κ1) is 14.1. The van der Waals surface area contributed by atoms with Crippen molar-refractivity contribution in [3.05, 3.63) is 46.3 Å². The highest BCUT2D eigenvalue weighted by molar-refractivity contribution is 5.97. The molecule has 1 heterocycles. The van der Waals surface area contributed by atoms with Crippen LogP contribution in [0.1, 0.15) is 32.9 Å². The van der Waals surface area contributed by atoms with E-state index in [-0.39, 0.29) is 11.6 Å². The van der Waals surface area contributed by atoms with Crippen LogP contribution in [0.25, 0.3) is 0 Å². The Morgan fingerprint density at radius 3 is 2.60 bits per heavy atom. The van der Waals surface area contributed by atoms with E-state index in [1.54, 1.807) is 18.9 Å². The van der Waals surface area contributed by atoms with Crippen molar-refractivity contribution in [1.29, 1.82) is 0 Å². The van der Waals surface area contributed by atoms with Crippen molar-refractivity contribution in [3.63, 3.8) is 0 Å². The first-order valence-corrected chi connectivity index (χ1v) is 6.52. The molecule has 5 nitrogen and oxygen atoms in total. The lowest BCUT2D eigenvalue weighted by Gasteiger charge is -2.18. The fourth-order valence-electron chi connectivity index (χ4n) is 2.13. The summed E-state index contributed by atoms with van der Waals surface area (Å²) >= 11 is 0. The molecule has 0 unspecified atom stereocenters. The summed E-state index contributed by atoms with van der Waals surface area (Å²) < 4.78 is 0. The largest absolute Gasteiger partial charge is 0.395 e. The van der Waals surface area contributed by atoms with Gasteiger partial charge in [-0.2, -0.15) is 5.10 Å². The van der Waals surface area contributed by atoms with E-state index in [4.69, 9.17) is 5.73 Å². The van der Waals surface area contributed by atoms with Crippen molar-refractivity contribution < 1.29 is 4.79 Å². The number of carbonyl (C=O) groups excluding carboxylic acids is 1. The maximum atomic E-state index is 12.3. The second-order valence-corrected chi connectivity index (χ2v) is 5.20. The van der Waals surface area contributed by atoms with E-state index in [9.17, 15) is 4.79 Å². The Kier molecular flexibility index (Phi) is 3.79. The van der Waals surface area contributed by atoms with E-state index < -0.39 is 0 Å². The number of benzene rings is 1. The number of hydrogen-bond donors (Lipinski definition) is 2. The molecular formula is C15H20N4O. The summed E-state index contributed by atoms with van der Waals surface area (Å²) in [4.78, 5) is 14.0. The lowest BCUT2D eigenvalue weighted by Crippen LogP contribution is -2.27. The van der Waals surface area contributed by atoms with Crippen molar-refractivity contribution >= 4 is 11.6 Å². The van der Waals surface area contributed by atoms with Gasteiger partial charge >= 0.3 is 0 Å². The van der Waals surface area contributed by atoms with Crippen LogP contribution >= 0.6 is 0 Å². The molecule has 0 spiro atoms. The predicted octanol–water partition coefficient (Wildman–Crippen LogP) is 2.19. The minimum absolute atomic E-state index is 0.174. The van der Waals surface area contributed by atoms with Crippen LogP contribution < -0.4 is 5.73 Å². The number of H-pyrrole nitrogens is 1. The van der Waals surface area contributed by atoms with Crippen LogP contribution in [0, 0.1) is 20.8 Å².